The first-order chi connectivity index (χ1) is 5.66. The van der Waals surface area contributed by atoms with Gasteiger partial charge in [0, 0.05) is 10.6 Å². The third kappa shape index (κ3) is 1.93. The highest BCUT2D eigenvalue weighted by Gasteiger charge is 2.13. The molecule has 1 aromatic heterocycles. The fourth-order valence-electron chi connectivity index (χ4n) is 0.956. The molecule has 0 radical (unpaired) electrons. The van der Waals surface area contributed by atoms with E-state index in [1.54, 1.807) is 6.20 Å². The van der Waals surface area contributed by atoms with E-state index in [1.165, 1.54) is 11.5 Å². The molecular weight excluding hydrogens is 190 g/mol. The lowest BCUT2D eigenvalue weighted by Crippen LogP contribution is -1.96. The highest BCUT2D eigenvalue weighted by atomic mass is 32.2. The lowest BCUT2D eigenvalue weighted by molar-refractivity contribution is 0.682. The molecule has 12 heavy (non-hydrogen) atoms. The van der Waals surface area contributed by atoms with Gasteiger partial charge >= 0.3 is 0 Å². The van der Waals surface area contributed by atoms with E-state index >= 15 is 0 Å². The fraction of sp³-hybridized carbons (Fsp3) is 0.625. The summed E-state index contributed by atoms with van der Waals surface area (Å²) in [6, 6.07) is 0. The van der Waals surface area contributed by atoms with Crippen molar-refractivity contribution in [2.75, 3.05) is 5.75 Å². The van der Waals surface area contributed by atoms with E-state index in [2.05, 4.69) is 18.2 Å². The van der Waals surface area contributed by atoms with Gasteiger partial charge < -0.3 is 0 Å². The van der Waals surface area contributed by atoms with Crippen LogP contribution in [0.3, 0.4) is 0 Å². The predicted octanol–water partition coefficient (Wildman–Crippen LogP) is 2.39. The molecule has 0 fully saturated rings. The number of aromatic nitrogens is 1. The Bertz CT molecular complexity index is 280. The summed E-state index contributed by atoms with van der Waals surface area (Å²) in [5.74, 6) is 1.11. The average molecular weight is 203 g/mol. The molecular formula is C8H13NOS2. The van der Waals surface area contributed by atoms with Crippen LogP contribution in [0.5, 0.6) is 0 Å². The van der Waals surface area contributed by atoms with Crippen LogP contribution >= 0.6 is 11.5 Å². The van der Waals surface area contributed by atoms with E-state index < -0.39 is 10.8 Å². The minimum atomic E-state index is -0.843. The standard InChI is InChI=1S/C8H13NOS2/c1-4-12(10)7-5-9-11-8(7)6(2)3/h5-6H,4H2,1-3H3. The Balaban J connectivity index is 2.99. The van der Waals surface area contributed by atoms with Crippen molar-refractivity contribution in [3.8, 4) is 0 Å². The Morgan fingerprint density at radius 1 is 1.67 bits per heavy atom. The van der Waals surface area contributed by atoms with Crippen molar-refractivity contribution in [2.24, 2.45) is 0 Å². The van der Waals surface area contributed by atoms with E-state index in [-0.39, 0.29) is 0 Å². The first kappa shape index (κ1) is 9.86. The molecule has 0 saturated carbocycles. The first-order valence-corrected chi connectivity index (χ1v) is 6.09. The molecule has 1 heterocycles. The van der Waals surface area contributed by atoms with Gasteiger partial charge in [-0.2, -0.15) is 4.37 Å². The maximum absolute atomic E-state index is 11.5. The summed E-state index contributed by atoms with van der Waals surface area (Å²) in [5.41, 5.74) is 0. The third-order valence-electron chi connectivity index (χ3n) is 1.60. The van der Waals surface area contributed by atoms with E-state index in [4.69, 9.17) is 0 Å². The van der Waals surface area contributed by atoms with Crippen molar-refractivity contribution in [3.05, 3.63) is 11.1 Å². The number of nitrogens with zero attached hydrogens (tertiary/aromatic N) is 1. The van der Waals surface area contributed by atoms with Crippen LogP contribution in [0.4, 0.5) is 0 Å². The van der Waals surface area contributed by atoms with Crippen molar-refractivity contribution in [3.63, 3.8) is 0 Å². The minimum absolute atomic E-state index is 0.433. The van der Waals surface area contributed by atoms with Gasteiger partial charge in [0.2, 0.25) is 0 Å². The fourth-order valence-corrected chi connectivity index (χ4v) is 2.98. The van der Waals surface area contributed by atoms with Gasteiger partial charge in [-0.15, -0.1) is 0 Å². The quantitative estimate of drug-likeness (QED) is 0.755. The Hall–Kier alpha value is -0.220. The molecule has 0 aromatic carbocycles. The lowest BCUT2D eigenvalue weighted by Gasteiger charge is -2.02. The Labute approximate surface area is 79.6 Å². The van der Waals surface area contributed by atoms with Gasteiger partial charge in [0.25, 0.3) is 0 Å². The Kier molecular flexibility index (Phi) is 3.40. The van der Waals surface area contributed by atoms with Crippen molar-refractivity contribution >= 4 is 22.3 Å². The summed E-state index contributed by atoms with van der Waals surface area (Å²) < 4.78 is 15.5. The van der Waals surface area contributed by atoms with Gasteiger partial charge in [-0.3, -0.25) is 4.21 Å². The van der Waals surface area contributed by atoms with Crippen LogP contribution in [0.25, 0.3) is 0 Å². The van der Waals surface area contributed by atoms with Gasteiger partial charge in [0.1, 0.15) is 0 Å². The molecule has 1 unspecified atom stereocenters. The maximum Gasteiger partial charge on any atom is 0.0730 e. The van der Waals surface area contributed by atoms with Crippen LogP contribution in [0, 0.1) is 0 Å². The largest absolute Gasteiger partial charge is 0.254 e. The summed E-state index contributed by atoms with van der Waals surface area (Å²) in [6.45, 7) is 6.13. The molecule has 0 N–H and O–H groups in total. The summed E-state index contributed by atoms with van der Waals surface area (Å²) in [4.78, 5) is 2.09. The molecule has 1 atom stereocenters. The molecule has 0 aliphatic carbocycles. The highest BCUT2D eigenvalue weighted by Crippen LogP contribution is 2.25. The van der Waals surface area contributed by atoms with Gasteiger partial charge in [-0.1, -0.05) is 20.8 Å². The molecule has 1 aromatic rings. The smallest absolute Gasteiger partial charge is 0.0730 e. The van der Waals surface area contributed by atoms with E-state index in [1.807, 2.05) is 6.92 Å². The van der Waals surface area contributed by atoms with Gasteiger partial charge in [-0.25, -0.2) is 0 Å². The summed E-state index contributed by atoms with van der Waals surface area (Å²) >= 11 is 1.46. The molecule has 1 rings (SSSR count). The zero-order valence-corrected chi connectivity index (χ0v) is 9.17. The predicted molar refractivity (Wildman–Crippen MR) is 53.2 cm³/mol. The average Bonchev–Trinajstić information content (AvgIpc) is 2.50. The summed E-state index contributed by atoms with van der Waals surface area (Å²) in [5, 5.41) is 0. The minimum Gasteiger partial charge on any atom is -0.254 e. The zero-order chi connectivity index (χ0) is 9.14. The van der Waals surface area contributed by atoms with Crippen LogP contribution in [0.2, 0.25) is 0 Å². The molecule has 4 heteroatoms. The van der Waals surface area contributed by atoms with Crippen molar-refractivity contribution < 1.29 is 4.21 Å². The molecule has 0 aliphatic heterocycles. The molecule has 0 amide bonds. The second kappa shape index (κ2) is 4.14. The van der Waals surface area contributed by atoms with E-state index in [9.17, 15) is 4.21 Å². The normalized spacial score (nSPS) is 13.7. The van der Waals surface area contributed by atoms with Crippen LogP contribution in [-0.2, 0) is 10.8 Å². The van der Waals surface area contributed by atoms with Crippen LogP contribution in [0.15, 0.2) is 11.1 Å². The molecule has 68 valence electrons. The first-order valence-electron chi connectivity index (χ1n) is 3.99. The highest BCUT2D eigenvalue weighted by molar-refractivity contribution is 7.85. The van der Waals surface area contributed by atoms with E-state index in [0.29, 0.717) is 11.7 Å². The second-order valence-electron chi connectivity index (χ2n) is 2.84. The Morgan fingerprint density at radius 2 is 2.33 bits per heavy atom. The zero-order valence-electron chi connectivity index (χ0n) is 7.53. The second-order valence-corrected chi connectivity index (χ2v) is 5.38. The van der Waals surface area contributed by atoms with Crippen molar-refractivity contribution in [1.82, 2.24) is 4.37 Å². The molecule has 0 bridgehead atoms. The molecule has 2 nitrogen and oxygen atoms in total. The van der Waals surface area contributed by atoms with Gasteiger partial charge in [0.05, 0.1) is 21.9 Å². The molecule has 0 saturated heterocycles. The van der Waals surface area contributed by atoms with Crippen LogP contribution in [0.1, 0.15) is 31.6 Å². The summed E-state index contributed by atoms with van der Waals surface area (Å²) in [7, 11) is -0.843. The van der Waals surface area contributed by atoms with Gasteiger partial charge in [0.15, 0.2) is 0 Å². The van der Waals surface area contributed by atoms with Crippen LogP contribution < -0.4 is 0 Å². The summed E-state index contributed by atoms with van der Waals surface area (Å²) in [6.07, 6.45) is 1.74. The monoisotopic (exact) mass is 203 g/mol. The number of rotatable bonds is 3. The SMILES string of the molecule is CCS(=O)c1cnsc1C(C)C. The lowest BCUT2D eigenvalue weighted by atomic mass is 10.2. The topological polar surface area (TPSA) is 30.0 Å². The van der Waals surface area contributed by atoms with Crippen molar-refractivity contribution in [1.29, 1.82) is 0 Å². The molecule has 0 spiro atoms. The Morgan fingerprint density at radius 3 is 2.83 bits per heavy atom. The van der Waals surface area contributed by atoms with Crippen molar-refractivity contribution in [2.45, 2.75) is 31.6 Å². The third-order valence-corrected chi connectivity index (χ3v) is 4.16. The molecule has 0 aliphatic rings. The number of hydrogen-bond acceptors (Lipinski definition) is 3. The van der Waals surface area contributed by atoms with E-state index in [0.717, 1.165) is 9.77 Å². The number of hydrogen-bond donors (Lipinski definition) is 0. The van der Waals surface area contributed by atoms with Gasteiger partial charge in [-0.05, 0) is 17.5 Å². The maximum atomic E-state index is 11.5. The van der Waals surface area contributed by atoms with Crippen LogP contribution in [-0.4, -0.2) is 14.3 Å².